The third kappa shape index (κ3) is 4.45. The van der Waals surface area contributed by atoms with Crippen molar-refractivity contribution in [1.82, 2.24) is 9.88 Å². The van der Waals surface area contributed by atoms with Crippen molar-refractivity contribution in [2.45, 2.75) is 23.7 Å². The minimum atomic E-state index is -0.259. The highest BCUT2D eigenvalue weighted by Crippen LogP contribution is 2.35. The van der Waals surface area contributed by atoms with Crippen molar-refractivity contribution in [3.8, 4) is 0 Å². The molecule has 2 heterocycles. The van der Waals surface area contributed by atoms with Crippen molar-refractivity contribution in [1.29, 1.82) is 0 Å². The van der Waals surface area contributed by atoms with E-state index in [0.29, 0.717) is 16.7 Å². The van der Waals surface area contributed by atoms with Crippen LogP contribution in [0.25, 0.3) is 10.2 Å². The molecule has 4 rings (SSSR count). The summed E-state index contributed by atoms with van der Waals surface area (Å²) in [5.74, 6) is 0.661. The molecule has 2 aromatic carbocycles. The Labute approximate surface area is 170 Å². The standard InChI is InChI=1S/C20H18ClFN2OS2/c21-14-1-6-18-17(11-14)23-20(27-18)13-7-9-24(10-8-13)19(25)12-26-16-4-2-15(22)3-5-16/h1-6,11,13H,7-10,12H2. The van der Waals surface area contributed by atoms with E-state index in [-0.39, 0.29) is 11.7 Å². The molecule has 3 aromatic rings. The fraction of sp³-hybridized carbons (Fsp3) is 0.300. The molecule has 1 aliphatic heterocycles. The zero-order chi connectivity index (χ0) is 18.8. The van der Waals surface area contributed by atoms with Gasteiger partial charge in [-0.15, -0.1) is 23.1 Å². The summed E-state index contributed by atoms with van der Waals surface area (Å²) in [7, 11) is 0. The van der Waals surface area contributed by atoms with Crippen LogP contribution < -0.4 is 0 Å². The minimum Gasteiger partial charge on any atom is -0.342 e. The number of piperidine rings is 1. The van der Waals surface area contributed by atoms with E-state index in [2.05, 4.69) is 0 Å². The normalized spacial score (nSPS) is 15.4. The van der Waals surface area contributed by atoms with Gasteiger partial charge in [-0.3, -0.25) is 4.79 Å². The van der Waals surface area contributed by atoms with Crippen LogP contribution in [0.4, 0.5) is 4.39 Å². The number of hydrogen-bond acceptors (Lipinski definition) is 4. The Hall–Kier alpha value is -1.63. The van der Waals surface area contributed by atoms with Gasteiger partial charge in [0.2, 0.25) is 5.91 Å². The quantitative estimate of drug-likeness (QED) is 0.516. The van der Waals surface area contributed by atoms with Crippen molar-refractivity contribution in [3.63, 3.8) is 0 Å². The summed E-state index contributed by atoms with van der Waals surface area (Å²) in [6.07, 6.45) is 1.86. The Morgan fingerprint density at radius 2 is 1.96 bits per heavy atom. The number of thiazole rings is 1. The van der Waals surface area contributed by atoms with Gasteiger partial charge in [0.05, 0.1) is 21.0 Å². The summed E-state index contributed by atoms with van der Waals surface area (Å²) < 4.78 is 14.1. The molecule has 0 N–H and O–H groups in total. The summed E-state index contributed by atoms with van der Waals surface area (Å²) in [5.41, 5.74) is 0.955. The molecule has 1 amide bonds. The Morgan fingerprint density at radius 1 is 1.22 bits per heavy atom. The molecule has 0 radical (unpaired) electrons. The van der Waals surface area contributed by atoms with Gasteiger partial charge in [-0.2, -0.15) is 0 Å². The summed E-state index contributed by atoms with van der Waals surface area (Å²) in [6, 6.07) is 12.1. The van der Waals surface area contributed by atoms with Crippen LogP contribution in [-0.2, 0) is 4.79 Å². The van der Waals surface area contributed by atoms with E-state index in [9.17, 15) is 9.18 Å². The molecule has 0 atom stereocenters. The molecule has 27 heavy (non-hydrogen) atoms. The number of halogens is 2. The smallest absolute Gasteiger partial charge is 0.232 e. The van der Waals surface area contributed by atoms with Gasteiger partial charge in [0.1, 0.15) is 5.82 Å². The maximum Gasteiger partial charge on any atom is 0.232 e. The Balaban J connectivity index is 1.32. The zero-order valence-corrected chi connectivity index (χ0v) is 16.9. The molecule has 0 bridgehead atoms. The van der Waals surface area contributed by atoms with Gasteiger partial charge >= 0.3 is 0 Å². The Bertz CT molecular complexity index is 952. The molecule has 0 spiro atoms. The lowest BCUT2D eigenvalue weighted by Gasteiger charge is -2.31. The molecular weight excluding hydrogens is 403 g/mol. The molecular formula is C20H18ClFN2OS2. The first-order valence-corrected chi connectivity index (χ1v) is 11.0. The first kappa shape index (κ1) is 18.7. The largest absolute Gasteiger partial charge is 0.342 e. The summed E-state index contributed by atoms with van der Waals surface area (Å²) >= 11 is 9.22. The molecule has 0 unspecified atom stereocenters. The van der Waals surface area contributed by atoms with E-state index in [4.69, 9.17) is 16.6 Å². The van der Waals surface area contributed by atoms with E-state index in [0.717, 1.165) is 46.1 Å². The lowest BCUT2D eigenvalue weighted by molar-refractivity contribution is -0.129. The monoisotopic (exact) mass is 420 g/mol. The van der Waals surface area contributed by atoms with E-state index in [1.807, 2.05) is 23.1 Å². The molecule has 140 valence electrons. The van der Waals surface area contributed by atoms with Crippen molar-refractivity contribution in [2.75, 3.05) is 18.8 Å². The van der Waals surface area contributed by atoms with Crippen LogP contribution in [0.3, 0.4) is 0 Å². The second-order valence-corrected chi connectivity index (χ2v) is 9.11. The third-order valence-corrected chi connectivity index (χ3v) is 7.17. The van der Waals surface area contributed by atoms with Gasteiger partial charge in [-0.05, 0) is 55.3 Å². The maximum absolute atomic E-state index is 12.9. The Kier molecular flexibility index (Phi) is 5.66. The SMILES string of the molecule is O=C(CSc1ccc(F)cc1)N1CCC(c2nc3cc(Cl)ccc3s2)CC1. The van der Waals surface area contributed by atoms with Crippen molar-refractivity contribution >= 4 is 50.8 Å². The maximum atomic E-state index is 12.9. The number of hydrogen-bond donors (Lipinski definition) is 0. The highest BCUT2D eigenvalue weighted by atomic mass is 35.5. The topological polar surface area (TPSA) is 33.2 Å². The predicted octanol–water partition coefficient (Wildman–Crippen LogP) is 5.59. The molecule has 1 aromatic heterocycles. The van der Waals surface area contributed by atoms with Crippen molar-refractivity contribution in [2.24, 2.45) is 0 Å². The highest BCUT2D eigenvalue weighted by molar-refractivity contribution is 8.00. The number of fused-ring (bicyclic) bond motifs is 1. The van der Waals surface area contributed by atoms with Crippen LogP contribution in [0.1, 0.15) is 23.8 Å². The van der Waals surface area contributed by atoms with Crippen LogP contribution in [0.5, 0.6) is 0 Å². The number of rotatable bonds is 4. The van der Waals surface area contributed by atoms with Gasteiger partial charge in [0.25, 0.3) is 0 Å². The lowest BCUT2D eigenvalue weighted by atomic mass is 9.97. The predicted molar refractivity (Wildman–Crippen MR) is 110 cm³/mol. The molecule has 0 aliphatic carbocycles. The van der Waals surface area contributed by atoms with Crippen molar-refractivity contribution in [3.05, 3.63) is 58.3 Å². The number of aromatic nitrogens is 1. The van der Waals surface area contributed by atoms with Crippen LogP contribution in [0.15, 0.2) is 47.4 Å². The van der Waals surface area contributed by atoms with E-state index < -0.39 is 0 Å². The van der Waals surface area contributed by atoms with E-state index in [1.165, 1.54) is 23.9 Å². The fourth-order valence-electron chi connectivity index (χ4n) is 3.24. The summed E-state index contributed by atoms with van der Waals surface area (Å²) in [4.78, 5) is 20.0. The van der Waals surface area contributed by atoms with Crippen LogP contribution >= 0.6 is 34.7 Å². The van der Waals surface area contributed by atoms with Crippen LogP contribution in [0.2, 0.25) is 5.02 Å². The van der Waals surface area contributed by atoms with Crippen LogP contribution in [-0.4, -0.2) is 34.6 Å². The third-order valence-electron chi connectivity index (χ3n) is 4.74. The summed E-state index contributed by atoms with van der Waals surface area (Å²) in [5, 5.41) is 1.85. The average Bonchev–Trinajstić information content (AvgIpc) is 3.10. The highest BCUT2D eigenvalue weighted by Gasteiger charge is 2.25. The lowest BCUT2D eigenvalue weighted by Crippen LogP contribution is -2.38. The number of carbonyl (C=O) groups is 1. The van der Waals surface area contributed by atoms with Crippen LogP contribution in [0, 0.1) is 5.82 Å². The first-order chi connectivity index (χ1) is 13.1. The summed E-state index contributed by atoms with van der Waals surface area (Å²) in [6.45, 7) is 1.51. The molecule has 1 fully saturated rings. The van der Waals surface area contributed by atoms with Gasteiger partial charge in [0.15, 0.2) is 0 Å². The average molecular weight is 421 g/mol. The second-order valence-electron chi connectivity index (χ2n) is 6.56. The number of carbonyl (C=O) groups excluding carboxylic acids is 1. The van der Waals surface area contributed by atoms with Gasteiger partial charge in [-0.1, -0.05) is 11.6 Å². The van der Waals surface area contributed by atoms with Gasteiger partial charge in [0, 0.05) is 28.9 Å². The number of nitrogens with zero attached hydrogens (tertiary/aromatic N) is 2. The second kappa shape index (κ2) is 8.17. The van der Waals surface area contributed by atoms with E-state index >= 15 is 0 Å². The molecule has 7 heteroatoms. The fourth-order valence-corrected chi connectivity index (χ4v) is 5.32. The van der Waals surface area contributed by atoms with E-state index in [1.54, 1.807) is 23.5 Å². The zero-order valence-electron chi connectivity index (χ0n) is 14.5. The van der Waals surface area contributed by atoms with Crippen molar-refractivity contribution < 1.29 is 9.18 Å². The van der Waals surface area contributed by atoms with Gasteiger partial charge in [-0.25, -0.2) is 9.37 Å². The first-order valence-electron chi connectivity index (χ1n) is 8.80. The molecule has 3 nitrogen and oxygen atoms in total. The number of thioether (sulfide) groups is 1. The number of likely N-dealkylation sites (tertiary alicyclic amines) is 1. The molecule has 1 aliphatic rings. The molecule has 0 saturated carbocycles. The van der Waals surface area contributed by atoms with Gasteiger partial charge < -0.3 is 4.90 Å². The minimum absolute atomic E-state index is 0.138. The Morgan fingerprint density at radius 3 is 2.70 bits per heavy atom. The molecule has 1 saturated heterocycles. The number of benzene rings is 2. The number of amides is 1.